The Bertz CT molecular complexity index is 591. The zero-order valence-corrected chi connectivity index (χ0v) is 13.7. The molecule has 8 heteroatoms. The minimum atomic E-state index is -0.496. The van der Waals surface area contributed by atoms with Crippen molar-refractivity contribution < 1.29 is 9.53 Å². The number of amides is 1. The molecule has 0 N–H and O–H groups in total. The van der Waals surface area contributed by atoms with E-state index in [9.17, 15) is 4.79 Å². The summed E-state index contributed by atoms with van der Waals surface area (Å²) in [5, 5.41) is 9.29. The number of carbonyl (C=O) groups excluding carboxylic acids is 1. The van der Waals surface area contributed by atoms with Crippen LogP contribution in [-0.2, 0) is 4.74 Å². The lowest BCUT2D eigenvalue weighted by molar-refractivity contribution is 0.162. The number of ether oxygens (including phenoxy) is 1. The number of hydrogen-bond donors (Lipinski definition) is 0. The van der Waals surface area contributed by atoms with Gasteiger partial charge < -0.3 is 4.74 Å². The van der Waals surface area contributed by atoms with E-state index in [1.165, 1.54) is 16.2 Å². The Balaban J connectivity index is 2.12. The van der Waals surface area contributed by atoms with Gasteiger partial charge in [-0.3, -0.25) is 4.90 Å². The van der Waals surface area contributed by atoms with E-state index >= 15 is 0 Å². The normalized spacial score (nSPS) is 10.3. The monoisotopic (exact) mass is 375 g/mol. The fraction of sp³-hybridized carbons (Fsp3) is 0.250. The fourth-order valence-electron chi connectivity index (χ4n) is 1.36. The summed E-state index contributed by atoms with van der Waals surface area (Å²) >= 11 is 10.2. The summed E-state index contributed by atoms with van der Waals surface area (Å²) in [5.41, 5.74) is 0.944. The van der Waals surface area contributed by atoms with Gasteiger partial charge in [0.2, 0.25) is 5.13 Å². The van der Waals surface area contributed by atoms with E-state index in [4.69, 9.17) is 16.3 Å². The van der Waals surface area contributed by atoms with Gasteiger partial charge in [0.05, 0.1) is 5.88 Å². The second kappa shape index (κ2) is 7.01. The van der Waals surface area contributed by atoms with Gasteiger partial charge in [-0.05, 0) is 12.1 Å². The van der Waals surface area contributed by atoms with Crippen molar-refractivity contribution in [3.05, 3.63) is 28.7 Å². The van der Waals surface area contributed by atoms with Gasteiger partial charge in [-0.15, -0.1) is 21.8 Å². The Kier molecular flexibility index (Phi) is 5.33. The highest BCUT2D eigenvalue weighted by Gasteiger charge is 2.17. The van der Waals surface area contributed by atoms with Gasteiger partial charge in [-0.2, -0.15) is 0 Å². The molecular formula is C12H11BrClN3O2S. The molecule has 2 aromatic rings. The number of aromatic nitrogens is 2. The van der Waals surface area contributed by atoms with Gasteiger partial charge in [-0.1, -0.05) is 39.4 Å². The van der Waals surface area contributed by atoms with Crippen LogP contribution in [0.2, 0.25) is 0 Å². The van der Waals surface area contributed by atoms with Crippen LogP contribution in [0.25, 0.3) is 10.6 Å². The van der Waals surface area contributed by atoms with Crippen LogP contribution in [0.1, 0.15) is 0 Å². The molecule has 0 radical (unpaired) electrons. The number of rotatable bonds is 4. The van der Waals surface area contributed by atoms with Crippen LogP contribution in [0.5, 0.6) is 0 Å². The van der Waals surface area contributed by atoms with Crippen LogP contribution in [0.4, 0.5) is 9.93 Å². The third-order valence-electron chi connectivity index (χ3n) is 2.37. The molecule has 0 saturated carbocycles. The molecule has 1 heterocycles. The molecule has 0 spiro atoms. The van der Waals surface area contributed by atoms with E-state index in [0.717, 1.165) is 15.0 Å². The first-order valence-electron chi connectivity index (χ1n) is 5.67. The minimum absolute atomic E-state index is 0.170. The van der Waals surface area contributed by atoms with Crippen molar-refractivity contribution in [2.24, 2.45) is 0 Å². The fourth-order valence-corrected chi connectivity index (χ4v) is 2.50. The van der Waals surface area contributed by atoms with Crippen molar-refractivity contribution >= 4 is 50.1 Å². The Morgan fingerprint density at radius 2 is 2.10 bits per heavy atom. The summed E-state index contributed by atoms with van der Waals surface area (Å²) in [7, 11) is 1.59. The summed E-state index contributed by atoms with van der Waals surface area (Å²) in [4.78, 5) is 13.0. The summed E-state index contributed by atoms with van der Waals surface area (Å²) in [6, 6.07) is 7.71. The molecule has 1 amide bonds. The largest absolute Gasteiger partial charge is 0.448 e. The number of hydrogen-bond acceptors (Lipinski definition) is 5. The Labute approximate surface area is 133 Å². The maximum Gasteiger partial charge on any atom is 0.415 e. The van der Waals surface area contributed by atoms with Crippen LogP contribution in [0.3, 0.4) is 0 Å². The number of anilines is 1. The lowest BCUT2D eigenvalue weighted by Crippen LogP contribution is -2.27. The SMILES string of the molecule is CN(C(=O)OCCCl)c1nnc(-c2ccc(Br)cc2)s1. The molecule has 0 aliphatic carbocycles. The van der Waals surface area contributed by atoms with Crippen molar-refractivity contribution in [1.29, 1.82) is 0 Å². The molecule has 20 heavy (non-hydrogen) atoms. The predicted octanol–water partition coefficient (Wildman–Crippen LogP) is 3.78. The maximum absolute atomic E-state index is 11.7. The zero-order valence-electron chi connectivity index (χ0n) is 10.5. The van der Waals surface area contributed by atoms with Crippen LogP contribution in [-0.4, -0.2) is 35.8 Å². The lowest BCUT2D eigenvalue weighted by atomic mass is 10.2. The quantitative estimate of drug-likeness (QED) is 0.762. The Morgan fingerprint density at radius 1 is 1.40 bits per heavy atom. The Morgan fingerprint density at radius 3 is 2.75 bits per heavy atom. The number of halogens is 2. The molecule has 0 atom stereocenters. The minimum Gasteiger partial charge on any atom is -0.448 e. The van der Waals surface area contributed by atoms with Crippen molar-refractivity contribution in [2.75, 3.05) is 24.4 Å². The molecule has 0 unspecified atom stereocenters. The van der Waals surface area contributed by atoms with Crippen molar-refractivity contribution in [1.82, 2.24) is 10.2 Å². The molecule has 106 valence electrons. The van der Waals surface area contributed by atoms with Gasteiger partial charge in [0.25, 0.3) is 0 Å². The molecule has 2 rings (SSSR count). The average molecular weight is 377 g/mol. The van der Waals surface area contributed by atoms with E-state index in [1.807, 2.05) is 24.3 Å². The van der Waals surface area contributed by atoms with Gasteiger partial charge >= 0.3 is 6.09 Å². The smallest absolute Gasteiger partial charge is 0.415 e. The van der Waals surface area contributed by atoms with Crippen LogP contribution in [0, 0.1) is 0 Å². The van der Waals surface area contributed by atoms with Gasteiger partial charge in [0, 0.05) is 17.1 Å². The van der Waals surface area contributed by atoms with Gasteiger partial charge in [-0.25, -0.2) is 4.79 Å². The van der Waals surface area contributed by atoms with Crippen LogP contribution in [0.15, 0.2) is 28.7 Å². The summed E-state index contributed by atoms with van der Waals surface area (Å²) in [5.74, 6) is 0.264. The first-order chi connectivity index (χ1) is 9.61. The summed E-state index contributed by atoms with van der Waals surface area (Å²) < 4.78 is 5.92. The zero-order chi connectivity index (χ0) is 14.5. The topological polar surface area (TPSA) is 55.3 Å². The van der Waals surface area contributed by atoms with E-state index in [-0.39, 0.29) is 12.5 Å². The molecule has 5 nitrogen and oxygen atoms in total. The third kappa shape index (κ3) is 3.68. The number of benzene rings is 1. The van der Waals surface area contributed by atoms with Crippen molar-refractivity contribution in [3.63, 3.8) is 0 Å². The average Bonchev–Trinajstić information content (AvgIpc) is 2.94. The summed E-state index contributed by atoms with van der Waals surface area (Å²) in [6.07, 6.45) is -0.496. The van der Waals surface area contributed by atoms with E-state index in [1.54, 1.807) is 7.05 Å². The van der Waals surface area contributed by atoms with Gasteiger partial charge in [0.15, 0.2) is 0 Å². The molecule has 0 aliphatic heterocycles. The van der Waals surface area contributed by atoms with Crippen LogP contribution < -0.4 is 4.90 Å². The second-order valence-electron chi connectivity index (χ2n) is 3.76. The number of nitrogens with zero attached hydrogens (tertiary/aromatic N) is 3. The highest BCUT2D eigenvalue weighted by atomic mass is 79.9. The third-order valence-corrected chi connectivity index (χ3v) is 4.10. The molecule has 1 aromatic carbocycles. The standard InChI is InChI=1S/C12H11BrClN3O2S/c1-17(12(18)19-7-6-14)11-16-15-10(20-11)8-2-4-9(13)5-3-8/h2-5H,6-7H2,1H3. The maximum atomic E-state index is 11.7. The first kappa shape index (κ1) is 15.2. The van der Waals surface area contributed by atoms with E-state index < -0.39 is 6.09 Å². The number of carbonyl (C=O) groups is 1. The predicted molar refractivity (Wildman–Crippen MR) is 83.5 cm³/mol. The molecule has 0 aliphatic rings. The summed E-state index contributed by atoms with van der Waals surface area (Å²) in [6.45, 7) is 0.170. The molecule has 0 bridgehead atoms. The van der Waals surface area contributed by atoms with Crippen molar-refractivity contribution in [3.8, 4) is 10.6 Å². The van der Waals surface area contributed by atoms with E-state index in [0.29, 0.717) is 5.13 Å². The molecule has 0 fully saturated rings. The van der Waals surface area contributed by atoms with E-state index in [2.05, 4.69) is 26.1 Å². The molecule has 0 saturated heterocycles. The van der Waals surface area contributed by atoms with Crippen molar-refractivity contribution in [2.45, 2.75) is 0 Å². The highest BCUT2D eigenvalue weighted by molar-refractivity contribution is 9.10. The van der Waals surface area contributed by atoms with Gasteiger partial charge in [0.1, 0.15) is 11.6 Å². The second-order valence-corrected chi connectivity index (χ2v) is 6.01. The first-order valence-corrected chi connectivity index (χ1v) is 7.82. The molecule has 1 aromatic heterocycles. The Hall–Kier alpha value is -1.18. The molecular weight excluding hydrogens is 366 g/mol. The number of alkyl halides is 1. The lowest BCUT2D eigenvalue weighted by Gasteiger charge is -2.12. The van der Waals surface area contributed by atoms with Crippen LogP contribution >= 0.6 is 38.9 Å². The highest BCUT2D eigenvalue weighted by Crippen LogP contribution is 2.29.